The van der Waals surface area contributed by atoms with E-state index in [-0.39, 0.29) is 5.91 Å². The van der Waals surface area contributed by atoms with Gasteiger partial charge < -0.3 is 21.5 Å². The van der Waals surface area contributed by atoms with Crippen molar-refractivity contribution in [1.29, 1.82) is 0 Å². The first-order valence-corrected chi connectivity index (χ1v) is 6.47. The van der Waals surface area contributed by atoms with Crippen LogP contribution >= 0.6 is 0 Å². The topological polar surface area (TPSA) is 87.4 Å². The van der Waals surface area contributed by atoms with Crippen LogP contribution in [0.15, 0.2) is 18.2 Å². The first kappa shape index (κ1) is 15.3. The summed E-state index contributed by atoms with van der Waals surface area (Å²) in [5, 5.41) is 15.7. The average molecular weight is 265 g/mol. The minimum Gasteiger partial charge on any atom is -0.397 e. The lowest BCUT2D eigenvalue weighted by molar-refractivity contribution is 0.0637. The lowest BCUT2D eigenvalue weighted by atomic mass is 10.0. The summed E-state index contributed by atoms with van der Waals surface area (Å²) in [5.74, 6) is -0.170. The summed E-state index contributed by atoms with van der Waals surface area (Å²) in [7, 11) is 1.58. The Morgan fingerprint density at radius 2 is 2.16 bits per heavy atom. The Morgan fingerprint density at radius 3 is 2.68 bits per heavy atom. The molecule has 1 rings (SSSR count). The van der Waals surface area contributed by atoms with E-state index in [2.05, 4.69) is 10.6 Å². The fourth-order valence-corrected chi connectivity index (χ4v) is 1.92. The molecule has 1 atom stereocenters. The van der Waals surface area contributed by atoms with Crippen molar-refractivity contribution in [2.75, 3.05) is 24.6 Å². The van der Waals surface area contributed by atoms with Crippen molar-refractivity contribution in [2.24, 2.45) is 0 Å². The molecule has 0 aromatic heterocycles. The van der Waals surface area contributed by atoms with Gasteiger partial charge in [0.2, 0.25) is 0 Å². The van der Waals surface area contributed by atoms with Crippen molar-refractivity contribution in [2.45, 2.75) is 32.3 Å². The predicted octanol–water partition coefficient (Wildman–Crippen LogP) is 1.59. The molecule has 5 N–H and O–H groups in total. The highest BCUT2D eigenvalue weighted by molar-refractivity contribution is 5.95. The SMILES string of the molecule is CCCC(C)(O)CNc1ccc(C(=O)NC)cc1N. The van der Waals surface area contributed by atoms with Gasteiger partial charge in [0.1, 0.15) is 0 Å². The predicted molar refractivity (Wildman–Crippen MR) is 78.3 cm³/mol. The molecule has 0 bridgehead atoms. The highest BCUT2D eigenvalue weighted by atomic mass is 16.3. The van der Waals surface area contributed by atoms with Crippen molar-refractivity contribution in [3.8, 4) is 0 Å². The number of carbonyl (C=O) groups is 1. The third kappa shape index (κ3) is 4.44. The zero-order valence-electron chi connectivity index (χ0n) is 11.8. The molecule has 0 aliphatic rings. The van der Waals surface area contributed by atoms with Gasteiger partial charge in [0.15, 0.2) is 0 Å². The number of carbonyl (C=O) groups excluding carboxylic acids is 1. The van der Waals surface area contributed by atoms with Gasteiger partial charge in [-0.2, -0.15) is 0 Å². The Bertz CT molecular complexity index is 444. The van der Waals surface area contributed by atoms with E-state index in [9.17, 15) is 9.90 Å². The lowest BCUT2D eigenvalue weighted by Gasteiger charge is -2.24. The van der Waals surface area contributed by atoms with Crippen LogP contribution in [-0.2, 0) is 0 Å². The van der Waals surface area contributed by atoms with E-state index < -0.39 is 5.60 Å². The number of nitrogens with two attached hydrogens (primary N) is 1. The maximum Gasteiger partial charge on any atom is 0.251 e. The number of rotatable bonds is 6. The van der Waals surface area contributed by atoms with Gasteiger partial charge in [0, 0.05) is 19.2 Å². The summed E-state index contributed by atoms with van der Waals surface area (Å²) < 4.78 is 0. The fourth-order valence-electron chi connectivity index (χ4n) is 1.92. The van der Waals surface area contributed by atoms with Crippen molar-refractivity contribution in [3.05, 3.63) is 23.8 Å². The summed E-state index contributed by atoms with van der Waals surface area (Å²) in [5.41, 5.74) is 6.87. The third-order valence-corrected chi connectivity index (χ3v) is 2.99. The molecule has 106 valence electrons. The second-order valence-corrected chi connectivity index (χ2v) is 4.98. The molecule has 0 heterocycles. The minimum atomic E-state index is -0.763. The fraction of sp³-hybridized carbons (Fsp3) is 0.500. The van der Waals surface area contributed by atoms with Gasteiger partial charge in [-0.25, -0.2) is 0 Å². The molecule has 0 aliphatic carbocycles. The molecule has 1 aromatic carbocycles. The van der Waals surface area contributed by atoms with Gasteiger partial charge in [-0.05, 0) is 31.5 Å². The van der Waals surface area contributed by atoms with E-state index in [4.69, 9.17) is 5.73 Å². The molecule has 1 aromatic rings. The van der Waals surface area contributed by atoms with Crippen LogP contribution in [0.25, 0.3) is 0 Å². The molecule has 0 fully saturated rings. The van der Waals surface area contributed by atoms with Gasteiger partial charge in [0.25, 0.3) is 5.91 Å². The maximum atomic E-state index is 11.5. The molecular formula is C14H23N3O2. The molecule has 0 saturated carbocycles. The van der Waals surface area contributed by atoms with Gasteiger partial charge in [-0.3, -0.25) is 4.79 Å². The maximum absolute atomic E-state index is 11.5. The van der Waals surface area contributed by atoms with Crippen LogP contribution in [0.5, 0.6) is 0 Å². The van der Waals surface area contributed by atoms with Crippen LogP contribution in [0.2, 0.25) is 0 Å². The average Bonchev–Trinajstić information content (AvgIpc) is 2.36. The zero-order valence-corrected chi connectivity index (χ0v) is 11.8. The summed E-state index contributed by atoms with van der Waals surface area (Å²) in [6, 6.07) is 5.07. The number of benzene rings is 1. The Labute approximate surface area is 114 Å². The Hall–Kier alpha value is -1.75. The van der Waals surface area contributed by atoms with Crippen LogP contribution in [0.4, 0.5) is 11.4 Å². The number of aliphatic hydroxyl groups is 1. The second kappa shape index (κ2) is 6.43. The van der Waals surface area contributed by atoms with E-state index in [1.807, 2.05) is 6.92 Å². The summed E-state index contributed by atoms with van der Waals surface area (Å²) in [4.78, 5) is 11.5. The molecular weight excluding hydrogens is 242 g/mol. The standard InChI is InChI=1S/C14H23N3O2/c1-4-7-14(2,19)9-17-12-6-5-10(8-11(12)15)13(18)16-3/h5-6,8,17,19H,4,7,9,15H2,1-3H3,(H,16,18). The largest absolute Gasteiger partial charge is 0.397 e. The normalized spacial score (nSPS) is 13.7. The van der Waals surface area contributed by atoms with Crippen LogP contribution in [0, 0.1) is 0 Å². The van der Waals surface area contributed by atoms with E-state index in [0.29, 0.717) is 17.8 Å². The van der Waals surface area contributed by atoms with E-state index in [1.54, 1.807) is 32.2 Å². The Morgan fingerprint density at radius 1 is 1.47 bits per heavy atom. The summed E-state index contributed by atoms with van der Waals surface area (Å²) in [6.07, 6.45) is 1.63. The molecule has 0 saturated heterocycles. The van der Waals surface area contributed by atoms with Crippen LogP contribution in [-0.4, -0.2) is 30.2 Å². The molecule has 0 spiro atoms. The van der Waals surface area contributed by atoms with Gasteiger partial charge in [-0.1, -0.05) is 13.3 Å². The highest BCUT2D eigenvalue weighted by Crippen LogP contribution is 2.21. The number of amides is 1. The number of hydrogen-bond acceptors (Lipinski definition) is 4. The lowest BCUT2D eigenvalue weighted by Crippen LogP contribution is -2.33. The Balaban J connectivity index is 2.73. The van der Waals surface area contributed by atoms with Crippen molar-refractivity contribution >= 4 is 17.3 Å². The van der Waals surface area contributed by atoms with Gasteiger partial charge >= 0.3 is 0 Å². The number of hydrogen-bond donors (Lipinski definition) is 4. The van der Waals surface area contributed by atoms with Crippen LogP contribution in [0.1, 0.15) is 37.0 Å². The monoisotopic (exact) mass is 265 g/mol. The third-order valence-electron chi connectivity index (χ3n) is 2.99. The zero-order chi connectivity index (χ0) is 14.5. The Kier molecular flexibility index (Phi) is 5.18. The smallest absolute Gasteiger partial charge is 0.251 e. The number of nitrogens with one attached hydrogen (secondary N) is 2. The van der Waals surface area contributed by atoms with Crippen molar-refractivity contribution < 1.29 is 9.90 Å². The molecule has 19 heavy (non-hydrogen) atoms. The van der Waals surface area contributed by atoms with E-state index in [0.717, 1.165) is 18.5 Å². The summed E-state index contributed by atoms with van der Waals surface area (Å²) in [6.45, 7) is 4.24. The number of anilines is 2. The molecule has 0 aliphatic heterocycles. The summed E-state index contributed by atoms with van der Waals surface area (Å²) >= 11 is 0. The van der Waals surface area contributed by atoms with Crippen LogP contribution < -0.4 is 16.4 Å². The molecule has 0 radical (unpaired) electrons. The van der Waals surface area contributed by atoms with Crippen LogP contribution in [0.3, 0.4) is 0 Å². The first-order valence-electron chi connectivity index (χ1n) is 6.47. The van der Waals surface area contributed by atoms with Gasteiger partial charge in [0.05, 0.1) is 17.0 Å². The minimum absolute atomic E-state index is 0.170. The quantitative estimate of drug-likeness (QED) is 0.588. The van der Waals surface area contributed by atoms with Crippen molar-refractivity contribution in [1.82, 2.24) is 5.32 Å². The second-order valence-electron chi connectivity index (χ2n) is 4.98. The van der Waals surface area contributed by atoms with E-state index in [1.165, 1.54) is 0 Å². The molecule has 1 unspecified atom stereocenters. The highest BCUT2D eigenvalue weighted by Gasteiger charge is 2.19. The first-order chi connectivity index (χ1) is 8.89. The number of nitrogen functional groups attached to an aromatic ring is 1. The van der Waals surface area contributed by atoms with E-state index >= 15 is 0 Å². The van der Waals surface area contributed by atoms with Gasteiger partial charge in [-0.15, -0.1) is 0 Å². The molecule has 5 nitrogen and oxygen atoms in total. The van der Waals surface area contributed by atoms with Crippen molar-refractivity contribution in [3.63, 3.8) is 0 Å². The molecule has 1 amide bonds. The molecule has 5 heteroatoms.